The van der Waals surface area contributed by atoms with Gasteiger partial charge in [-0.05, 0) is 25.7 Å². The van der Waals surface area contributed by atoms with Gasteiger partial charge < -0.3 is 14.9 Å². The summed E-state index contributed by atoms with van der Waals surface area (Å²) in [6.45, 7) is 3.92. The van der Waals surface area contributed by atoms with Crippen LogP contribution >= 0.6 is 0 Å². The molecule has 0 radical (unpaired) electrons. The molecule has 1 atom stereocenters. The Morgan fingerprint density at radius 2 is 2.17 bits per heavy atom. The van der Waals surface area contributed by atoms with E-state index in [1.165, 1.54) is 0 Å². The normalized spacial score (nSPS) is 28.9. The molecule has 102 valence electrons. The highest BCUT2D eigenvalue weighted by Gasteiger charge is 2.34. The van der Waals surface area contributed by atoms with E-state index in [1.807, 2.05) is 6.92 Å². The summed E-state index contributed by atoms with van der Waals surface area (Å²) in [7, 11) is 0. The Hall–Kier alpha value is -1.10. The number of nitrogens with zero attached hydrogens (tertiary/aromatic N) is 2. The molecule has 0 aromatic carbocycles. The fourth-order valence-corrected chi connectivity index (χ4v) is 2.75. The van der Waals surface area contributed by atoms with Crippen molar-refractivity contribution in [2.45, 2.75) is 44.6 Å². The van der Waals surface area contributed by atoms with Crippen molar-refractivity contribution in [1.82, 2.24) is 9.80 Å². The van der Waals surface area contributed by atoms with Crippen molar-refractivity contribution in [3.8, 4) is 0 Å². The Morgan fingerprint density at radius 1 is 1.39 bits per heavy atom. The van der Waals surface area contributed by atoms with Crippen LogP contribution in [-0.2, 0) is 9.59 Å². The smallest absolute Gasteiger partial charge is 0.242 e. The highest BCUT2D eigenvalue weighted by atomic mass is 16.3. The molecule has 2 aliphatic rings. The molecular formula is C13H22N2O3. The predicted molar refractivity (Wildman–Crippen MR) is 66.9 cm³/mol. The van der Waals surface area contributed by atoms with Crippen LogP contribution in [-0.4, -0.2) is 58.5 Å². The standard InChI is InChI=1S/C13H22N2O3/c1-2-13(18)6-4-8-15(10-13)12(17)9-14-7-3-5-11(14)16/h18H,2-10H2,1H3/t13-/m0/s1. The molecule has 2 aliphatic heterocycles. The number of rotatable bonds is 3. The van der Waals surface area contributed by atoms with Gasteiger partial charge in [0.1, 0.15) is 0 Å². The lowest BCUT2D eigenvalue weighted by Gasteiger charge is -2.39. The van der Waals surface area contributed by atoms with Crippen molar-refractivity contribution in [2.75, 3.05) is 26.2 Å². The zero-order chi connectivity index (χ0) is 13.2. The van der Waals surface area contributed by atoms with Crippen LogP contribution in [0.5, 0.6) is 0 Å². The summed E-state index contributed by atoms with van der Waals surface area (Å²) in [5, 5.41) is 10.2. The number of β-amino-alcohol motifs (C(OH)–C–C–N with tert-alkyl or cyclic N) is 1. The van der Waals surface area contributed by atoms with Crippen molar-refractivity contribution < 1.29 is 14.7 Å². The fourth-order valence-electron chi connectivity index (χ4n) is 2.75. The average Bonchev–Trinajstić information content (AvgIpc) is 2.75. The van der Waals surface area contributed by atoms with Crippen molar-refractivity contribution in [1.29, 1.82) is 0 Å². The lowest BCUT2D eigenvalue weighted by molar-refractivity contribution is -0.143. The molecule has 18 heavy (non-hydrogen) atoms. The maximum atomic E-state index is 12.1. The van der Waals surface area contributed by atoms with Gasteiger partial charge >= 0.3 is 0 Å². The third-order valence-electron chi connectivity index (χ3n) is 4.06. The summed E-state index contributed by atoms with van der Waals surface area (Å²) in [4.78, 5) is 26.9. The summed E-state index contributed by atoms with van der Waals surface area (Å²) in [5.74, 6) is 0.0444. The van der Waals surface area contributed by atoms with E-state index < -0.39 is 5.60 Å². The Morgan fingerprint density at radius 3 is 2.78 bits per heavy atom. The van der Waals surface area contributed by atoms with Gasteiger partial charge in [-0.3, -0.25) is 9.59 Å². The number of carbonyl (C=O) groups is 2. The lowest BCUT2D eigenvalue weighted by Crippen LogP contribution is -2.52. The molecule has 0 saturated carbocycles. The molecule has 2 amide bonds. The number of aliphatic hydroxyl groups is 1. The van der Waals surface area contributed by atoms with Gasteiger partial charge in [-0.1, -0.05) is 6.92 Å². The molecule has 2 saturated heterocycles. The maximum absolute atomic E-state index is 12.1. The fraction of sp³-hybridized carbons (Fsp3) is 0.846. The van der Waals surface area contributed by atoms with Gasteiger partial charge in [-0.2, -0.15) is 0 Å². The van der Waals surface area contributed by atoms with E-state index in [4.69, 9.17) is 0 Å². The first-order valence-corrected chi connectivity index (χ1v) is 6.82. The first-order valence-electron chi connectivity index (χ1n) is 6.82. The predicted octanol–water partition coefficient (Wildman–Crippen LogP) is 0.372. The third-order valence-corrected chi connectivity index (χ3v) is 4.06. The third kappa shape index (κ3) is 2.83. The summed E-state index contributed by atoms with van der Waals surface area (Å²) in [5.41, 5.74) is -0.733. The summed E-state index contributed by atoms with van der Waals surface area (Å²) in [6.07, 6.45) is 3.68. The van der Waals surface area contributed by atoms with Gasteiger partial charge in [0.05, 0.1) is 12.1 Å². The second-order valence-electron chi connectivity index (χ2n) is 5.42. The summed E-state index contributed by atoms with van der Waals surface area (Å²) in [6, 6.07) is 0. The largest absolute Gasteiger partial charge is 0.388 e. The molecule has 0 unspecified atom stereocenters. The number of likely N-dealkylation sites (tertiary alicyclic amines) is 2. The van der Waals surface area contributed by atoms with Crippen molar-refractivity contribution in [2.24, 2.45) is 0 Å². The van der Waals surface area contributed by atoms with Gasteiger partial charge in [0, 0.05) is 26.1 Å². The van der Waals surface area contributed by atoms with Gasteiger partial charge in [-0.15, -0.1) is 0 Å². The Labute approximate surface area is 108 Å². The zero-order valence-corrected chi connectivity index (χ0v) is 11.0. The van der Waals surface area contributed by atoms with E-state index in [9.17, 15) is 14.7 Å². The topological polar surface area (TPSA) is 60.9 Å². The molecule has 0 spiro atoms. The first kappa shape index (κ1) is 13.3. The second kappa shape index (κ2) is 5.26. The molecule has 2 heterocycles. The molecular weight excluding hydrogens is 232 g/mol. The van der Waals surface area contributed by atoms with Crippen LogP contribution in [0.15, 0.2) is 0 Å². The molecule has 0 aliphatic carbocycles. The second-order valence-corrected chi connectivity index (χ2v) is 5.42. The van der Waals surface area contributed by atoms with E-state index in [0.717, 1.165) is 19.3 Å². The van der Waals surface area contributed by atoms with Gasteiger partial charge in [0.2, 0.25) is 11.8 Å². The van der Waals surface area contributed by atoms with Crippen LogP contribution in [0, 0.1) is 0 Å². The van der Waals surface area contributed by atoms with Crippen LogP contribution in [0.2, 0.25) is 0 Å². The van der Waals surface area contributed by atoms with E-state index in [1.54, 1.807) is 9.80 Å². The lowest BCUT2D eigenvalue weighted by atomic mass is 9.90. The summed E-state index contributed by atoms with van der Waals surface area (Å²) >= 11 is 0. The SMILES string of the molecule is CC[C@]1(O)CCCN(C(=O)CN2CCCC2=O)C1. The number of piperidine rings is 1. The van der Waals surface area contributed by atoms with Gasteiger partial charge in [0.25, 0.3) is 0 Å². The molecule has 2 rings (SSSR count). The number of carbonyl (C=O) groups excluding carboxylic acids is 2. The zero-order valence-electron chi connectivity index (χ0n) is 11.0. The first-order chi connectivity index (χ1) is 8.54. The van der Waals surface area contributed by atoms with Crippen LogP contribution in [0.3, 0.4) is 0 Å². The van der Waals surface area contributed by atoms with E-state index in [0.29, 0.717) is 32.5 Å². The van der Waals surface area contributed by atoms with Crippen LogP contribution in [0.25, 0.3) is 0 Å². The van der Waals surface area contributed by atoms with E-state index >= 15 is 0 Å². The highest BCUT2D eigenvalue weighted by Crippen LogP contribution is 2.24. The van der Waals surface area contributed by atoms with Crippen LogP contribution < -0.4 is 0 Å². The van der Waals surface area contributed by atoms with Gasteiger partial charge in [-0.25, -0.2) is 0 Å². The summed E-state index contributed by atoms with van der Waals surface area (Å²) < 4.78 is 0. The minimum atomic E-state index is -0.733. The Kier molecular flexibility index (Phi) is 3.90. The molecule has 2 fully saturated rings. The maximum Gasteiger partial charge on any atom is 0.242 e. The minimum Gasteiger partial charge on any atom is -0.388 e. The quantitative estimate of drug-likeness (QED) is 0.791. The molecule has 0 aromatic heterocycles. The molecule has 5 heteroatoms. The highest BCUT2D eigenvalue weighted by molar-refractivity contribution is 5.86. The van der Waals surface area contributed by atoms with E-state index in [-0.39, 0.29) is 18.4 Å². The molecule has 0 bridgehead atoms. The molecule has 1 N–H and O–H groups in total. The van der Waals surface area contributed by atoms with Crippen LogP contribution in [0.1, 0.15) is 39.0 Å². The van der Waals surface area contributed by atoms with Crippen LogP contribution in [0.4, 0.5) is 0 Å². The average molecular weight is 254 g/mol. The molecule has 5 nitrogen and oxygen atoms in total. The monoisotopic (exact) mass is 254 g/mol. The van der Waals surface area contributed by atoms with Crippen molar-refractivity contribution in [3.05, 3.63) is 0 Å². The van der Waals surface area contributed by atoms with Crippen molar-refractivity contribution in [3.63, 3.8) is 0 Å². The number of hydrogen-bond acceptors (Lipinski definition) is 3. The van der Waals surface area contributed by atoms with Crippen molar-refractivity contribution >= 4 is 11.8 Å². The van der Waals surface area contributed by atoms with E-state index in [2.05, 4.69) is 0 Å². The minimum absolute atomic E-state index is 0.0307. The Balaban J connectivity index is 1.90. The molecule has 0 aromatic rings. The number of hydrogen-bond donors (Lipinski definition) is 1. The number of amides is 2. The Bertz CT molecular complexity index is 345. The van der Waals surface area contributed by atoms with Gasteiger partial charge in [0.15, 0.2) is 0 Å².